The zero-order valence-corrected chi connectivity index (χ0v) is 23.9. The lowest BCUT2D eigenvalue weighted by Crippen LogP contribution is -2.42. The first-order valence-electron chi connectivity index (χ1n) is 15.3. The molecule has 5 nitrogen and oxygen atoms in total. The number of aliphatic hydroxyl groups is 2. The van der Waals surface area contributed by atoms with Crippen molar-refractivity contribution in [3.05, 3.63) is 71.3 Å². The molecule has 0 spiro atoms. The van der Waals surface area contributed by atoms with Crippen LogP contribution in [0.1, 0.15) is 82.3 Å². The molecule has 6 rings (SSSR count). The molecule has 2 aliphatic carbocycles. The van der Waals surface area contributed by atoms with E-state index in [9.17, 15) is 19.0 Å². The number of rotatable bonds is 4. The summed E-state index contributed by atoms with van der Waals surface area (Å²) in [4.78, 5) is 5.06. The van der Waals surface area contributed by atoms with Gasteiger partial charge in [-0.1, -0.05) is 31.2 Å². The van der Waals surface area contributed by atoms with Gasteiger partial charge >= 0.3 is 0 Å². The third-order valence-corrected chi connectivity index (χ3v) is 10.1. The van der Waals surface area contributed by atoms with Gasteiger partial charge in [-0.3, -0.25) is 4.90 Å². The van der Waals surface area contributed by atoms with E-state index in [4.69, 9.17) is 5.73 Å². The Labute approximate surface area is 238 Å². The van der Waals surface area contributed by atoms with Crippen LogP contribution in [0.2, 0.25) is 0 Å². The molecule has 2 heterocycles. The number of likely N-dealkylation sites (tertiary alicyclic amines) is 2. The minimum absolute atomic E-state index is 0.239. The van der Waals surface area contributed by atoms with Crippen molar-refractivity contribution in [1.29, 1.82) is 0 Å². The number of hydrogen-bond acceptors (Lipinski definition) is 5. The lowest BCUT2D eigenvalue weighted by atomic mass is 9.77. The molecule has 4 fully saturated rings. The molecule has 40 heavy (non-hydrogen) atoms. The van der Waals surface area contributed by atoms with Crippen molar-refractivity contribution >= 4 is 0 Å². The summed E-state index contributed by atoms with van der Waals surface area (Å²) in [5.41, 5.74) is 6.13. The van der Waals surface area contributed by atoms with Crippen molar-refractivity contribution < 1.29 is 19.0 Å². The highest BCUT2D eigenvalue weighted by molar-refractivity contribution is 5.25. The lowest BCUT2D eigenvalue weighted by molar-refractivity contribution is -0.0226. The molecule has 220 valence electrons. The third kappa shape index (κ3) is 6.93. The molecule has 2 aliphatic heterocycles. The van der Waals surface area contributed by atoms with Gasteiger partial charge in [-0.05, 0) is 112 Å². The summed E-state index contributed by atoms with van der Waals surface area (Å²) in [5, 5.41) is 21.6. The highest BCUT2D eigenvalue weighted by atomic mass is 19.1. The molecule has 0 amide bonds. The van der Waals surface area contributed by atoms with Crippen molar-refractivity contribution in [2.24, 2.45) is 11.7 Å². The van der Waals surface area contributed by atoms with Crippen molar-refractivity contribution in [3.63, 3.8) is 0 Å². The van der Waals surface area contributed by atoms with Gasteiger partial charge in [-0.25, -0.2) is 8.78 Å². The van der Waals surface area contributed by atoms with E-state index in [0.717, 1.165) is 87.9 Å². The first kappa shape index (κ1) is 29.6. The van der Waals surface area contributed by atoms with Crippen LogP contribution < -0.4 is 5.73 Å². The van der Waals surface area contributed by atoms with Crippen molar-refractivity contribution in [1.82, 2.24) is 9.80 Å². The number of nitrogens with zero attached hydrogens (tertiary/aromatic N) is 2. The van der Waals surface area contributed by atoms with Gasteiger partial charge in [0.1, 0.15) is 11.6 Å². The van der Waals surface area contributed by atoms with Crippen LogP contribution in [-0.4, -0.2) is 64.3 Å². The summed E-state index contributed by atoms with van der Waals surface area (Å²) in [5.74, 6) is 0.321. The molecular formula is C33H47F2N3O2. The monoisotopic (exact) mass is 555 g/mol. The lowest BCUT2D eigenvalue weighted by Gasteiger charge is -2.40. The minimum atomic E-state index is -0.786. The topological polar surface area (TPSA) is 73.0 Å². The predicted octanol–water partition coefficient (Wildman–Crippen LogP) is 5.29. The van der Waals surface area contributed by atoms with Gasteiger partial charge < -0.3 is 20.8 Å². The van der Waals surface area contributed by atoms with Crippen LogP contribution in [0.25, 0.3) is 0 Å². The van der Waals surface area contributed by atoms with E-state index < -0.39 is 11.2 Å². The van der Waals surface area contributed by atoms with Gasteiger partial charge in [0, 0.05) is 37.8 Å². The van der Waals surface area contributed by atoms with Crippen LogP contribution in [-0.2, 0) is 11.2 Å². The minimum Gasteiger partial charge on any atom is -0.385 e. The highest BCUT2D eigenvalue weighted by Crippen LogP contribution is 2.40. The maximum absolute atomic E-state index is 13.0. The summed E-state index contributed by atoms with van der Waals surface area (Å²) < 4.78 is 26.0. The number of nitrogens with two attached hydrogens (primary N) is 1. The maximum Gasteiger partial charge on any atom is 0.123 e. The van der Waals surface area contributed by atoms with Crippen LogP contribution in [0.3, 0.4) is 0 Å². The molecule has 4 aliphatic rings. The third-order valence-electron chi connectivity index (χ3n) is 10.1. The molecule has 2 aromatic carbocycles. The smallest absolute Gasteiger partial charge is 0.123 e. The quantitative estimate of drug-likeness (QED) is 0.479. The molecule has 7 heteroatoms. The van der Waals surface area contributed by atoms with Gasteiger partial charge in [0.25, 0.3) is 0 Å². The Morgan fingerprint density at radius 3 is 1.40 bits per heavy atom. The molecular weight excluding hydrogens is 508 g/mol. The van der Waals surface area contributed by atoms with E-state index in [0.29, 0.717) is 18.1 Å². The van der Waals surface area contributed by atoms with Gasteiger partial charge in [0.15, 0.2) is 0 Å². The first-order valence-corrected chi connectivity index (χ1v) is 15.3. The number of halogens is 2. The molecule has 0 radical (unpaired) electrons. The average molecular weight is 556 g/mol. The van der Waals surface area contributed by atoms with Crippen LogP contribution in [0, 0.1) is 17.6 Å². The van der Waals surface area contributed by atoms with E-state index in [1.807, 2.05) is 0 Å². The van der Waals surface area contributed by atoms with Crippen molar-refractivity contribution in [2.75, 3.05) is 26.2 Å². The summed E-state index contributed by atoms with van der Waals surface area (Å²) in [6.07, 6.45) is 9.51. The van der Waals surface area contributed by atoms with Crippen LogP contribution in [0.4, 0.5) is 8.78 Å². The largest absolute Gasteiger partial charge is 0.385 e. The molecule has 2 aromatic rings. The van der Waals surface area contributed by atoms with E-state index in [2.05, 4.69) is 16.7 Å². The number of hydrogen-bond donors (Lipinski definition) is 3. The molecule has 2 saturated heterocycles. The Morgan fingerprint density at radius 1 is 0.650 bits per heavy atom. The molecule has 4 N–H and O–H groups in total. The standard InChI is InChI=1S/C17H24FNO.C16H23FN2O/c1-13-8-11-19(12-13)16-6-9-17(20,10-7-16)14-2-4-15(18)5-3-14;17-13-3-1-12(2-4-13)16(20)8-5-15(6-9-16)19-10-7-14(18)11-19/h2-5,13,16,20H,6-12H2,1H3;1-4,14-15,20H,5-11,18H2/t13-,16?,17?;14-,15?,16?/m11/s1. The highest BCUT2D eigenvalue weighted by Gasteiger charge is 2.39. The second-order valence-electron chi connectivity index (χ2n) is 13.0. The zero-order chi connectivity index (χ0) is 28.3. The Balaban J connectivity index is 0.000000161. The summed E-state index contributed by atoms with van der Waals surface area (Å²) in [6.45, 7) is 6.80. The van der Waals surface area contributed by atoms with Gasteiger partial charge in [0.2, 0.25) is 0 Å². The van der Waals surface area contributed by atoms with Gasteiger partial charge in [-0.2, -0.15) is 0 Å². The summed E-state index contributed by atoms with van der Waals surface area (Å²) in [7, 11) is 0. The van der Waals surface area contributed by atoms with Crippen LogP contribution >= 0.6 is 0 Å². The van der Waals surface area contributed by atoms with Crippen molar-refractivity contribution in [3.8, 4) is 0 Å². The summed E-state index contributed by atoms with van der Waals surface area (Å²) in [6, 6.07) is 14.1. The fourth-order valence-corrected chi connectivity index (χ4v) is 7.44. The predicted molar refractivity (Wildman–Crippen MR) is 155 cm³/mol. The first-order chi connectivity index (χ1) is 19.1. The SMILES string of the molecule is C[C@@H]1CCN(C2CCC(O)(c3ccc(F)cc3)CC2)C1.N[C@@H]1CCN(C2CCC(O)(c3ccc(F)cc3)CC2)C1. The Bertz CT molecular complexity index is 992. The van der Waals surface area contributed by atoms with Crippen LogP contribution in [0.15, 0.2) is 48.5 Å². The fraction of sp³-hybridized carbons (Fsp3) is 0.636. The van der Waals surface area contributed by atoms with Crippen LogP contribution in [0.5, 0.6) is 0 Å². The second kappa shape index (κ2) is 12.5. The van der Waals surface area contributed by atoms with Crippen molar-refractivity contribution in [2.45, 2.75) is 100 Å². The zero-order valence-electron chi connectivity index (χ0n) is 23.9. The van der Waals surface area contributed by atoms with E-state index in [-0.39, 0.29) is 11.6 Å². The van der Waals surface area contributed by atoms with E-state index in [1.165, 1.54) is 43.8 Å². The molecule has 2 atom stereocenters. The molecule has 2 saturated carbocycles. The molecule has 0 aromatic heterocycles. The average Bonchev–Trinajstić information content (AvgIpc) is 3.59. The Hall–Kier alpha value is -1.90. The van der Waals surface area contributed by atoms with Gasteiger partial charge in [-0.15, -0.1) is 0 Å². The summed E-state index contributed by atoms with van der Waals surface area (Å²) >= 11 is 0. The van der Waals surface area contributed by atoms with Gasteiger partial charge in [0.05, 0.1) is 11.2 Å². The Morgan fingerprint density at radius 2 is 1.05 bits per heavy atom. The van der Waals surface area contributed by atoms with E-state index in [1.54, 1.807) is 24.3 Å². The fourth-order valence-electron chi connectivity index (χ4n) is 7.44. The van der Waals surface area contributed by atoms with E-state index >= 15 is 0 Å². The number of benzene rings is 2. The normalized spacial score (nSPS) is 35.4. The second-order valence-corrected chi connectivity index (χ2v) is 13.0. The molecule has 0 unspecified atom stereocenters. The maximum atomic E-state index is 13.0. The molecule has 0 bridgehead atoms. The Kier molecular flexibility index (Phi) is 9.27.